The summed E-state index contributed by atoms with van der Waals surface area (Å²) in [5.41, 5.74) is 18.5. The quantitative estimate of drug-likeness (QED) is 0.275. The lowest BCUT2D eigenvalue weighted by atomic mass is 10.1. The molecule has 0 aromatic heterocycles. The summed E-state index contributed by atoms with van der Waals surface area (Å²) in [6, 6.07) is 0. The summed E-state index contributed by atoms with van der Waals surface area (Å²) in [4.78, 5) is 20.7. The minimum atomic E-state index is -1.62. The fourth-order valence-corrected chi connectivity index (χ4v) is 0.471. The first-order valence-electron chi connectivity index (χ1n) is 3.20. The van der Waals surface area contributed by atoms with Crippen LogP contribution in [0.2, 0.25) is 0 Å². The summed E-state index contributed by atoms with van der Waals surface area (Å²) >= 11 is 0. The highest BCUT2D eigenvalue weighted by molar-refractivity contribution is 5.86. The van der Waals surface area contributed by atoms with E-state index in [-0.39, 0.29) is 6.42 Å². The number of amides is 2. The lowest BCUT2D eigenvalue weighted by Crippen LogP contribution is -2.59. The fraction of sp³-hybridized carbons (Fsp3) is 0.333. The molecule has 0 aliphatic rings. The Labute approximate surface area is 69.6 Å². The highest BCUT2D eigenvalue weighted by atomic mass is 16.2. The molecule has 0 heterocycles. The van der Waals surface area contributed by atoms with Crippen LogP contribution in [0.15, 0.2) is 12.2 Å². The highest BCUT2D eigenvalue weighted by Crippen LogP contribution is 1.97. The van der Waals surface area contributed by atoms with E-state index >= 15 is 0 Å². The summed E-state index contributed by atoms with van der Waals surface area (Å²) < 4.78 is 0. The van der Waals surface area contributed by atoms with Crippen molar-refractivity contribution in [2.75, 3.05) is 0 Å². The molecular weight excluding hydrogens is 160 g/mol. The fourth-order valence-electron chi connectivity index (χ4n) is 0.471. The van der Waals surface area contributed by atoms with Gasteiger partial charge in [0.1, 0.15) is 5.66 Å². The Morgan fingerprint density at radius 1 is 1.25 bits per heavy atom. The average Bonchev–Trinajstić information content (AvgIpc) is 1.85. The van der Waals surface area contributed by atoms with Crippen molar-refractivity contribution < 1.29 is 9.59 Å². The molecule has 6 nitrogen and oxygen atoms in total. The summed E-state index contributed by atoms with van der Waals surface area (Å²) in [5.74, 6) is -1.47. The van der Waals surface area contributed by atoms with E-state index in [1.54, 1.807) is 0 Å². The van der Waals surface area contributed by atoms with Crippen LogP contribution < -0.4 is 22.9 Å². The third-order valence-electron chi connectivity index (χ3n) is 1.20. The van der Waals surface area contributed by atoms with Crippen molar-refractivity contribution in [3.8, 4) is 0 Å². The zero-order valence-electron chi connectivity index (χ0n) is 6.49. The number of nitrogens with two attached hydrogens (primary N) is 4. The smallest absolute Gasteiger partial charge is 0.252 e. The normalized spacial score (nSPS) is 11.8. The van der Waals surface area contributed by atoms with E-state index in [1.165, 1.54) is 6.08 Å². The second-order valence-corrected chi connectivity index (χ2v) is 2.41. The minimum Gasteiger partial charge on any atom is -0.367 e. The maximum Gasteiger partial charge on any atom is 0.252 e. The molecule has 0 bridgehead atoms. The highest BCUT2D eigenvalue weighted by Gasteiger charge is 2.24. The van der Waals surface area contributed by atoms with Crippen LogP contribution in [0.4, 0.5) is 0 Å². The van der Waals surface area contributed by atoms with Crippen LogP contribution in [0.1, 0.15) is 6.42 Å². The van der Waals surface area contributed by atoms with Gasteiger partial charge < -0.3 is 22.9 Å². The Hall–Kier alpha value is -1.40. The zero-order chi connectivity index (χ0) is 9.78. The summed E-state index contributed by atoms with van der Waals surface area (Å²) in [6.45, 7) is 0. The third kappa shape index (κ3) is 3.69. The van der Waals surface area contributed by atoms with Crippen LogP contribution >= 0.6 is 0 Å². The van der Waals surface area contributed by atoms with E-state index in [0.29, 0.717) is 0 Å². The molecule has 0 atom stereocenters. The molecule has 0 aromatic carbocycles. The second kappa shape index (κ2) is 3.84. The molecule has 0 saturated heterocycles. The molecule has 68 valence electrons. The number of rotatable bonds is 4. The van der Waals surface area contributed by atoms with Gasteiger partial charge in [0.15, 0.2) is 0 Å². The van der Waals surface area contributed by atoms with Crippen molar-refractivity contribution in [2.45, 2.75) is 12.1 Å². The van der Waals surface area contributed by atoms with Gasteiger partial charge in [-0.25, -0.2) is 0 Å². The van der Waals surface area contributed by atoms with Gasteiger partial charge in [0.2, 0.25) is 5.91 Å². The Balaban J connectivity index is 4.09. The number of hydrogen-bond donors (Lipinski definition) is 4. The Morgan fingerprint density at radius 3 is 2.08 bits per heavy atom. The van der Waals surface area contributed by atoms with Crippen molar-refractivity contribution in [2.24, 2.45) is 22.9 Å². The predicted octanol–water partition coefficient (Wildman–Crippen LogP) is -2.48. The molecule has 0 spiro atoms. The Bertz CT molecular complexity index is 222. The number of carbonyl (C=O) groups is 2. The van der Waals surface area contributed by atoms with Gasteiger partial charge in [-0.15, -0.1) is 0 Å². The molecule has 0 radical (unpaired) electrons. The molecule has 0 saturated carbocycles. The van der Waals surface area contributed by atoms with Crippen LogP contribution in [0.3, 0.4) is 0 Å². The topological polar surface area (TPSA) is 138 Å². The first-order valence-corrected chi connectivity index (χ1v) is 3.20. The van der Waals surface area contributed by atoms with Gasteiger partial charge in [-0.3, -0.25) is 9.59 Å². The molecule has 0 aliphatic carbocycles. The Morgan fingerprint density at radius 2 is 1.75 bits per heavy atom. The lowest BCUT2D eigenvalue weighted by molar-refractivity contribution is -0.123. The SMILES string of the molecule is NC(=O)/C=C/CC(N)(N)C(N)=O. The summed E-state index contributed by atoms with van der Waals surface area (Å²) in [7, 11) is 0. The van der Waals surface area contributed by atoms with Crippen molar-refractivity contribution >= 4 is 11.8 Å². The molecule has 8 N–H and O–H groups in total. The van der Waals surface area contributed by atoms with E-state index in [2.05, 4.69) is 0 Å². The van der Waals surface area contributed by atoms with Gasteiger partial charge in [-0.05, 0) is 6.08 Å². The number of hydrogen-bond acceptors (Lipinski definition) is 4. The van der Waals surface area contributed by atoms with Crippen LogP contribution in [0.25, 0.3) is 0 Å². The molecule has 0 aromatic rings. The molecule has 0 unspecified atom stereocenters. The van der Waals surface area contributed by atoms with Crippen LogP contribution in [0.5, 0.6) is 0 Å². The number of carbonyl (C=O) groups excluding carboxylic acids is 2. The van der Waals surface area contributed by atoms with Crippen LogP contribution in [-0.4, -0.2) is 17.5 Å². The molecule has 0 rings (SSSR count). The standard InChI is InChI=1S/C6H12N4O2/c7-4(11)2-1-3-6(9,10)5(8)12/h1-2H,3,9-10H2,(H2,7,11)(H2,8,12)/b2-1+. The summed E-state index contributed by atoms with van der Waals surface area (Å²) in [5, 5.41) is 0. The summed E-state index contributed by atoms with van der Waals surface area (Å²) in [6.07, 6.45) is 2.34. The van der Waals surface area contributed by atoms with E-state index in [1.807, 2.05) is 0 Å². The first kappa shape index (κ1) is 10.6. The van der Waals surface area contributed by atoms with E-state index < -0.39 is 17.5 Å². The number of primary amides is 2. The molecule has 12 heavy (non-hydrogen) atoms. The monoisotopic (exact) mass is 172 g/mol. The third-order valence-corrected chi connectivity index (χ3v) is 1.20. The van der Waals surface area contributed by atoms with Crippen LogP contribution in [0, 0.1) is 0 Å². The van der Waals surface area contributed by atoms with Crippen molar-refractivity contribution in [1.82, 2.24) is 0 Å². The van der Waals surface area contributed by atoms with Gasteiger partial charge in [0.05, 0.1) is 0 Å². The van der Waals surface area contributed by atoms with Gasteiger partial charge in [0, 0.05) is 6.42 Å². The molecule has 0 aliphatic heterocycles. The van der Waals surface area contributed by atoms with E-state index in [9.17, 15) is 9.59 Å². The zero-order valence-corrected chi connectivity index (χ0v) is 6.49. The molecule has 6 heteroatoms. The van der Waals surface area contributed by atoms with Crippen molar-refractivity contribution in [3.63, 3.8) is 0 Å². The van der Waals surface area contributed by atoms with Gasteiger partial charge >= 0.3 is 0 Å². The van der Waals surface area contributed by atoms with E-state index in [4.69, 9.17) is 22.9 Å². The lowest BCUT2D eigenvalue weighted by Gasteiger charge is -2.17. The maximum absolute atomic E-state index is 10.5. The minimum absolute atomic E-state index is 0.0225. The Kier molecular flexibility index (Phi) is 3.39. The van der Waals surface area contributed by atoms with E-state index in [0.717, 1.165) is 6.08 Å². The largest absolute Gasteiger partial charge is 0.367 e. The van der Waals surface area contributed by atoms with Crippen LogP contribution in [-0.2, 0) is 9.59 Å². The first-order chi connectivity index (χ1) is 5.36. The second-order valence-electron chi connectivity index (χ2n) is 2.41. The molecule has 2 amide bonds. The molecular formula is C6H12N4O2. The van der Waals surface area contributed by atoms with Crippen molar-refractivity contribution in [3.05, 3.63) is 12.2 Å². The molecule has 0 fully saturated rings. The maximum atomic E-state index is 10.5. The van der Waals surface area contributed by atoms with Gasteiger partial charge in [-0.2, -0.15) is 0 Å². The van der Waals surface area contributed by atoms with Gasteiger partial charge in [0.25, 0.3) is 5.91 Å². The average molecular weight is 172 g/mol. The van der Waals surface area contributed by atoms with Crippen molar-refractivity contribution in [1.29, 1.82) is 0 Å². The predicted molar refractivity (Wildman–Crippen MR) is 43.3 cm³/mol. The van der Waals surface area contributed by atoms with Gasteiger partial charge in [-0.1, -0.05) is 6.08 Å².